The Morgan fingerprint density at radius 3 is 3.00 bits per heavy atom. The molecule has 0 fully saturated rings. The standard InChI is InChI=1S/C12H11N3OS/c1-7-3-2-4-8-5-10(16-12(7)8)11(13)9-6-14-17-15-9/h2-6,11H,13H2,1H3. The number of aromatic nitrogens is 2. The third-order valence-corrected chi connectivity index (χ3v) is 3.26. The van der Waals surface area contributed by atoms with Gasteiger partial charge < -0.3 is 10.2 Å². The highest BCUT2D eigenvalue weighted by molar-refractivity contribution is 6.99. The Bertz CT molecular complexity index is 645. The molecule has 0 spiro atoms. The van der Waals surface area contributed by atoms with Crippen LogP contribution in [0, 0.1) is 6.92 Å². The van der Waals surface area contributed by atoms with E-state index in [4.69, 9.17) is 10.2 Å². The maximum absolute atomic E-state index is 6.09. The minimum absolute atomic E-state index is 0.347. The average molecular weight is 245 g/mol. The molecule has 1 unspecified atom stereocenters. The van der Waals surface area contributed by atoms with Crippen molar-refractivity contribution in [2.75, 3.05) is 0 Å². The van der Waals surface area contributed by atoms with Gasteiger partial charge in [-0.15, -0.1) is 0 Å². The van der Waals surface area contributed by atoms with E-state index in [2.05, 4.69) is 8.75 Å². The molecule has 2 aromatic heterocycles. The van der Waals surface area contributed by atoms with Gasteiger partial charge in [-0.25, -0.2) is 0 Å². The third-order valence-electron chi connectivity index (χ3n) is 2.76. The van der Waals surface area contributed by atoms with Crippen LogP contribution in [0.2, 0.25) is 0 Å². The summed E-state index contributed by atoms with van der Waals surface area (Å²) in [5, 5.41) is 1.07. The van der Waals surface area contributed by atoms with Gasteiger partial charge in [0.05, 0.1) is 23.6 Å². The Morgan fingerprint density at radius 1 is 1.41 bits per heavy atom. The Hall–Kier alpha value is -1.72. The summed E-state index contributed by atoms with van der Waals surface area (Å²) in [7, 11) is 0. The van der Waals surface area contributed by atoms with Crippen LogP contribution in [0.4, 0.5) is 0 Å². The number of benzene rings is 1. The molecule has 3 aromatic rings. The first-order valence-corrected chi connectivity index (χ1v) is 6.01. The van der Waals surface area contributed by atoms with Crippen molar-refractivity contribution in [1.29, 1.82) is 0 Å². The second kappa shape index (κ2) is 3.94. The Morgan fingerprint density at radius 2 is 2.29 bits per heavy atom. The SMILES string of the molecule is Cc1cccc2cc(C(N)c3cnsn3)oc12. The zero-order chi connectivity index (χ0) is 11.8. The number of furan rings is 1. The molecule has 17 heavy (non-hydrogen) atoms. The Labute approximate surface area is 102 Å². The van der Waals surface area contributed by atoms with Crippen molar-refractivity contribution >= 4 is 22.7 Å². The van der Waals surface area contributed by atoms with Gasteiger partial charge in [-0.1, -0.05) is 18.2 Å². The van der Waals surface area contributed by atoms with Crippen LogP contribution in [0.3, 0.4) is 0 Å². The van der Waals surface area contributed by atoms with Crippen LogP contribution < -0.4 is 5.73 Å². The van der Waals surface area contributed by atoms with Crippen molar-refractivity contribution in [3.63, 3.8) is 0 Å². The van der Waals surface area contributed by atoms with Crippen LogP contribution in [-0.4, -0.2) is 8.75 Å². The average Bonchev–Trinajstić information content (AvgIpc) is 2.98. The highest BCUT2D eigenvalue weighted by Gasteiger charge is 2.16. The molecule has 2 N–H and O–H groups in total. The first-order chi connectivity index (χ1) is 8.25. The molecule has 1 aromatic carbocycles. The van der Waals surface area contributed by atoms with Gasteiger partial charge in [0.25, 0.3) is 0 Å². The van der Waals surface area contributed by atoms with Gasteiger partial charge >= 0.3 is 0 Å². The minimum Gasteiger partial charge on any atom is -0.459 e. The van der Waals surface area contributed by atoms with Crippen LogP contribution in [0.15, 0.2) is 34.9 Å². The van der Waals surface area contributed by atoms with E-state index >= 15 is 0 Å². The maximum atomic E-state index is 6.09. The molecular formula is C12H11N3OS. The van der Waals surface area contributed by atoms with Gasteiger partial charge in [-0.2, -0.15) is 8.75 Å². The molecule has 0 amide bonds. The molecular weight excluding hydrogens is 234 g/mol. The second-order valence-electron chi connectivity index (χ2n) is 3.95. The van der Waals surface area contributed by atoms with E-state index in [1.807, 2.05) is 31.2 Å². The van der Waals surface area contributed by atoms with Gasteiger partial charge in [0.2, 0.25) is 0 Å². The number of nitrogens with zero attached hydrogens (tertiary/aromatic N) is 2. The quantitative estimate of drug-likeness (QED) is 0.753. The molecule has 0 aliphatic rings. The molecule has 3 rings (SSSR count). The van der Waals surface area contributed by atoms with Gasteiger partial charge in [0.15, 0.2) is 0 Å². The minimum atomic E-state index is -0.347. The second-order valence-corrected chi connectivity index (χ2v) is 4.51. The number of para-hydroxylation sites is 1. The fourth-order valence-corrected chi connectivity index (χ4v) is 2.29. The summed E-state index contributed by atoms with van der Waals surface area (Å²) in [6.45, 7) is 2.02. The monoisotopic (exact) mass is 245 g/mol. The van der Waals surface area contributed by atoms with Crippen LogP contribution in [0.5, 0.6) is 0 Å². The number of hydrogen-bond donors (Lipinski definition) is 1. The van der Waals surface area contributed by atoms with E-state index in [-0.39, 0.29) is 6.04 Å². The van der Waals surface area contributed by atoms with Crippen molar-refractivity contribution in [2.24, 2.45) is 5.73 Å². The van der Waals surface area contributed by atoms with E-state index < -0.39 is 0 Å². The van der Waals surface area contributed by atoms with Gasteiger partial charge in [-0.3, -0.25) is 0 Å². The molecule has 0 aliphatic carbocycles. The summed E-state index contributed by atoms with van der Waals surface area (Å²) >= 11 is 1.15. The van der Waals surface area contributed by atoms with Crippen molar-refractivity contribution in [3.8, 4) is 0 Å². The predicted molar refractivity (Wildman–Crippen MR) is 66.9 cm³/mol. The lowest BCUT2D eigenvalue weighted by atomic mass is 10.1. The van der Waals surface area contributed by atoms with Crippen LogP contribution >= 0.6 is 11.7 Å². The highest BCUT2D eigenvalue weighted by atomic mass is 32.1. The number of nitrogens with two attached hydrogens (primary N) is 1. The predicted octanol–water partition coefficient (Wildman–Crippen LogP) is 2.64. The van der Waals surface area contributed by atoms with E-state index in [0.717, 1.165) is 39.7 Å². The molecule has 2 heterocycles. The summed E-state index contributed by atoms with van der Waals surface area (Å²) in [5.74, 6) is 0.724. The molecule has 1 atom stereocenters. The summed E-state index contributed by atoms with van der Waals surface area (Å²) < 4.78 is 13.9. The van der Waals surface area contributed by atoms with Gasteiger partial charge in [-0.05, 0) is 18.6 Å². The Balaban J connectivity index is 2.10. The lowest BCUT2D eigenvalue weighted by molar-refractivity contribution is 0.520. The summed E-state index contributed by atoms with van der Waals surface area (Å²) in [6.07, 6.45) is 1.68. The smallest absolute Gasteiger partial charge is 0.137 e. The van der Waals surface area contributed by atoms with Crippen LogP contribution in [0.1, 0.15) is 23.1 Å². The van der Waals surface area contributed by atoms with Crippen molar-refractivity contribution in [1.82, 2.24) is 8.75 Å². The summed E-state index contributed by atoms with van der Waals surface area (Å²) in [5.41, 5.74) is 8.83. The third kappa shape index (κ3) is 1.73. The molecule has 0 aliphatic heterocycles. The zero-order valence-electron chi connectivity index (χ0n) is 9.25. The van der Waals surface area contributed by atoms with Crippen molar-refractivity contribution in [2.45, 2.75) is 13.0 Å². The maximum Gasteiger partial charge on any atom is 0.137 e. The highest BCUT2D eigenvalue weighted by Crippen LogP contribution is 2.27. The normalized spacial score (nSPS) is 13.1. The number of hydrogen-bond acceptors (Lipinski definition) is 5. The van der Waals surface area contributed by atoms with Gasteiger partial charge in [0, 0.05) is 5.39 Å². The van der Waals surface area contributed by atoms with E-state index in [0.29, 0.717) is 0 Å². The molecule has 4 nitrogen and oxygen atoms in total. The van der Waals surface area contributed by atoms with Crippen molar-refractivity contribution in [3.05, 3.63) is 47.5 Å². The largest absolute Gasteiger partial charge is 0.459 e. The molecule has 0 bridgehead atoms. The number of fused-ring (bicyclic) bond motifs is 1. The molecule has 0 radical (unpaired) electrons. The van der Waals surface area contributed by atoms with Gasteiger partial charge in [0.1, 0.15) is 17.4 Å². The molecule has 5 heteroatoms. The lowest BCUT2D eigenvalue weighted by Gasteiger charge is -2.02. The number of rotatable bonds is 2. The van der Waals surface area contributed by atoms with E-state index in [1.54, 1.807) is 6.20 Å². The molecule has 0 saturated heterocycles. The summed E-state index contributed by atoms with van der Waals surface area (Å²) in [6, 6.07) is 7.66. The summed E-state index contributed by atoms with van der Waals surface area (Å²) in [4.78, 5) is 0. The first-order valence-electron chi connectivity index (χ1n) is 5.28. The number of aryl methyl sites for hydroxylation is 1. The molecule has 0 saturated carbocycles. The fraction of sp³-hybridized carbons (Fsp3) is 0.167. The zero-order valence-corrected chi connectivity index (χ0v) is 10.1. The van der Waals surface area contributed by atoms with Crippen LogP contribution in [-0.2, 0) is 0 Å². The lowest BCUT2D eigenvalue weighted by Crippen LogP contribution is -2.10. The first kappa shape index (κ1) is 10.4. The topological polar surface area (TPSA) is 64.9 Å². The van der Waals surface area contributed by atoms with E-state index in [1.165, 1.54) is 0 Å². The van der Waals surface area contributed by atoms with Crippen molar-refractivity contribution < 1.29 is 4.42 Å². The Kier molecular flexibility index (Phi) is 2.42. The fourth-order valence-electron chi connectivity index (χ4n) is 1.84. The molecule has 86 valence electrons. The van der Waals surface area contributed by atoms with E-state index in [9.17, 15) is 0 Å². The van der Waals surface area contributed by atoms with Crippen LogP contribution in [0.25, 0.3) is 11.0 Å².